The molecular weight excluding hydrogens is 642 g/mol. The number of hydrogen-bond donors (Lipinski definition) is 0. The molecule has 3 aromatic heterocycles. The number of pyridine rings is 2. The third kappa shape index (κ3) is 13.7. The van der Waals surface area contributed by atoms with Gasteiger partial charge in [-0.05, 0) is 55.8 Å². The van der Waals surface area contributed by atoms with E-state index in [0.717, 1.165) is 16.7 Å². The molecule has 3 heterocycles. The van der Waals surface area contributed by atoms with Crippen LogP contribution in [0, 0.1) is 13.8 Å². The second-order valence-corrected chi connectivity index (χ2v) is 9.23. The molecule has 0 saturated heterocycles. The van der Waals surface area contributed by atoms with Gasteiger partial charge >= 0.3 is 59.1 Å². The molecule has 2 aromatic carbocycles. The average Bonchev–Trinajstić information content (AvgIpc) is 3.39. The van der Waals surface area contributed by atoms with Crippen molar-refractivity contribution in [2.24, 2.45) is 0 Å². The first-order chi connectivity index (χ1) is 20.1. The summed E-state index contributed by atoms with van der Waals surface area (Å²) < 4.78 is 21.1. The summed E-state index contributed by atoms with van der Waals surface area (Å²) >= 11 is 17.5. The van der Waals surface area contributed by atoms with E-state index >= 15 is 0 Å². The van der Waals surface area contributed by atoms with E-state index in [4.69, 9.17) is 50.6 Å². The summed E-state index contributed by atoms with van der Waals surface area (Å²) in [7, 11) is -1.00. The third-order valence-electron chi connectivity index (χ3n) is 5.11. The summed E-state index contributed by atoms with van der Waals surface area (Å²) in [5, 5.41) is 9.44. The first-order valence-electron chi connectivity index (χ1n) is 12.3. The average molecular weight is 668 g/mol. The Morgan fingerprint density at radius 2 is 1.56 bits per heavy atom. The molecule has 0 fully saturated rings. The minimum absolute atomic E-state index is 0. The summed E-state index contributed by atoms with van der Waals surface area (Å²) in [5.74, 6) is 0.586. The molecule has 43 heavy (non-hydrogen) atoms. The van der Waals surface area contributed by atoms with Crippen molar-refractivity contribution >= 4 is 58.3 Å². The van der Waals surface area contributed by atoms with E-state index in [1.165, 1.54) is 0 Å². The van der Waals surface area contributed by atoms with E-state index in [1.807, 2.05) is 56.3 Å². The fraction of sp³-hybridized carbons (Fsp3) is 0.138. The van der Waals surface area contributed by atoms with Crippen LogP contribution in [0.3, 0.4) is 0 Å². The van der Waals surface area contributed by atoms with Crippen LogP contribution in [-0.2, 0) is 16.1 Å². The van der Waals surface area contributed by atoms with Gasteiger partial charge in [0.05, 0.1) is 8.52 Å². The minimum atomic E-state index is -1.00. The zero-order valence-corrected chi connectivity index (χ0v) is 30.1. The number of carbonyl (C=O) groups is 2. The van der Waals surface area contributed by atoms with Crippen LogP contribution in [-0.4, -0.2) is 34.4 Å². The van der Waals surface area contributed by atoms with Gasteiger partial charge in [-0.25, -0.2) is 9.97 Å². The van der Waals surface area contributed by atoms with E-state index in [-0.39, 0.29) is 84.4 Å². The number of aryl methyl sites for hydroxylation is 2. The summed E-state index contributed by atoms with van der Waals surface area (Å²) in [4.78, 5) is 35.7. The zero-order chi connectivity index (χ0) is 31.1. The molecule has 0 aliphatic heterocycles. The van der Waals surface area contributed by atoms with Crippen molar-refractivity contribution in [2.75, 3.05) is 7.15 Å². The minimum Gasteiger partial charge on any atom is -1.00 e. The molecular formula is C29H25Cl3FN3Na2O5. The Bertz CT molecular complexity index is 1640. The molecule has 0 aliphatic carbocycles. The number of aromatic nitrogens is 3. The van der Waals surface area contributed by atoms with Crippen molar-refractivity contribution in [3.63, 3.8) is 0 Å². The van der Waals surface area contributed by atoms with Gasteiger partial charge in [0.25, 0.3) is 6.47 Å². The van der Waals surface area contributed by atoms with Gasteiger partial charge in [-0.2, -0.15) is 4.98 Å². The van der Waals surface area contributed by atoms with Gasteiger partial charge < -0.3 is 16.0 Å². The quantitative estimate of drug-likeness (QED) is 0.0684. The predicted molar refractivity (Wildman–Crippen MR) is 156 cm³/mol. The molecule has 8 nitrogen and oxygen atoms in total. The first-order valence-corrected chi connectivity index (χ1v) is 12.7. The largest absolute Gasteiger partial charge is 1.00 e. The monoisotopic (exact) mass is 666 g/mol. The smallest absolute Gasteiger partial charge is 1.00 e. The Kier molecular flexibility index (Phi) is 19.8. The van der Waals surface area contributed by atoms with Crippen LogP contribution in [0.15, 0.2) is 77.2 Å². The van der Waals surface area contributed by atoms with Gasteiger partial charge in [-0.3, -0.25) is 14.0 Å². The molecule has 0 aliphatic rings. The number of hydrogen-bond acceptors (Lipinski definition) is 8. The van der Waals surface area contributed by atoms with E-state index in [0.29, 0.717) is 38.6 Å². The van der Waals surface area contributed by atoms with Gasteiger partial charge in [0.1, 0.15) is 21.0 Å². The molecule has 216 valence electrons. The Labute approximate surface area is 310 Å². The van der Waals surface area contributed by atoms with Crippen molar-refractivity contribution in [3.05, 3.63) is 111 Å². The van der Waals surface area contributed by atoms with E-state index < -0.39 is 7.15 Å². The summed E-state index contributed by atoms with van der Waals surface area (Å²) in [6.07, 6.45) is 0.229. The number of fused-ring (bicyclic) bond motifs is 1. The summed E-state index contributed by atoms with van der Waals surface area (Å²) in [6.45, 7) is 3.80. The Balaban J connectivity index is 0. The molecule has 5 rings (SSSR count). The topological polar surface area (TPSA) is 118 Å². The molecule has 0 atom stereocenters. The number of halogens is 4. The van der Waals surface area contributed by atoms with Gasteiger partial charge in [-0.15, -0.1) is 0 Å². The fourth-order valence-electron chi connectivity index (χ4n) is 3.36. The van der Waals surface area contributed by atoms with Crippen LogP contribution >= 0.6 is 34.8 Å². The van der Waals surface area contributed by atoms with Crippen molar-refractivity contribution in [1.82, 2.24) is 15.0 Å². The standard InChI is InChI=1S/C14H11Cl2NO.C13H9ClN2O.CH3F.CH2O3.2Na.H/c1-9-3-2-4-10(7-9)12(18)8-11-5-6-13(15)17-14(11)16;1-8-3-2-4-9(7-8)12-15-10-5-6-11(14)16-13(10)17-12;1-2;2-1-4-3;;;/h2-7H,8H2,1H3;2-7H,1H3;1H3;1,3H;;;/q;;;;2*+1;-1/p-1/i;;1D;;;;. The molecule has 0 unspecified atom stereocenters. The Morgan fingerprint density at radius 1 is 0.977 bits per heavy atom. The molecule has 0 amide bonds. The van der Waals surface area contributed by atoms with E-state index in [2.05, 4.69) is 19.8 Å². The molecule has 14 heteroatoms. The number of nitrogens with zero attached hydrogens (tertiary/aromatic N) is 3. The number of rotatable bonds is 5. The maximum Gasteiger partial charge on any atom is 1.00 e. The van der Waals surface area contributed by atoms with Crippen molar-refractivity contribution in [1.29, 1.82) is 0 Å². The summed E-state index contributed by atoms with van der Waals surface area (Å²) in [6, 6.07) is 22.3. The van der Waals surface area contributed by atoms with Crippen molar-refractivity contribution in [2.45, 2.75) is 20.3 Å². The molecule has 0 bridgehead atoms. The fourth-order valence-corrected chi connectivity index (χ4v) is 3.91. The number of oxazole rings is 1. The molecule has 0 radical (unpaired) electrons. The molecule has 0 N–H and O–H groups in total. The van der Waals surface area contributed by atoms with Gasteiger partial charge in [0.15, 0.2) is 5.78 Å². The van der Waals surface area contributed by atoms with Crippen molar-refractivity contribution < 1.29 is 90.5 Å². The van der Waals surface area contributed by atoms with Crippen LogP contribution < -0.4 is 64.4 Å². The SMILES string of the molecule is Cc1cccc(-c2nc3ccc(Cl)nc3o2)c1.Cc1cccc(C(=O)Cc2ccc(Cl)nc2Cl)c1.O=CO[O-].[2H]CF.[H-].[Na+].[Na+]. The number of ketones is 1. The maximum atomic E-state index is 12.1. The van der Waals surface area contributed by atoms with Crippen molar-refractivity contribution in [3.8, 4) is 11.5 Å². The van der Waals surface area contributed by atoms with Crippen LogP contribution in [0.25, 0.3) is 22.7 Å². The maximum absolute atomic E-state index is 12.1. The Hall–Kier alpha value is -1.89. The molecule has 5 aromatic rings. The predicted octanol–water partition coefficient (Wildman–Crippen LogP) is 1.11. The van der Waals surface area contributed by atoms with Gasteiger partial charge in [-0.1, -0.05) is 82.3 Å². The second kappa shape index (κ2) is 21.8. The number of benzene rings is 2. The number of alkyl halides is 1. The number of Topliss-reactive ketones (excluding diaryl/α,β-unsaturated/α-hetero) is 1. The van der Waals surface area contributed by atoms with Gasteiger partial charge in [0, 0.05) is 17.5 Å². The zero-order valence-electron chi connectivity index (χ0n) is 25.8. The van der Waals surface area contributed by atoms with Crippen LogP contribution in [0.2, 0.25) is 15.5 Å². The van der Waals surface area contributed by atoms with Crippen LogP contribution in [0.5, 0.6) is 0 Å². The second-order valence-electron chi connectivity index (χ2n) is 8.09. The van der Waals surface area contributed by atoms with E-state index in [1.54, 1.807) is 30.3 Å². The molecule has 0 saturated carbocycles. The van der Waals surface area contributed by atoms with E-state index in [9.17, 15) is 9.18 Å². The van der Waals surface area contributed by atoms with Crippen LogP contribution in [0.4, 0.5) is 4.39 Å². The normalized spacial score (nSPS) is 9.60. The first kappa shape index (κ1) is 39.1. The Morgan fingerprint density at radius 3 is 2.14 bits per heavy atom. The molecule has 0 spiro atoms. The summed E-state index contributed by atoms with van der Waals surface area (Å²) in [5.41, 5.74) is 5.71. The number of carbonyl (C=O) groups excluding carboxylic acids is 2. The van der Waals surface area contributed by atoms with Gasteiger partial charge in [0.2, 0.25) is 11.6 Å². The van der Waals surface area contributed by atoms with Crippen LogP contribution in [0.1, 0.15) is 29.8 Å². The third-order valence-corrected chi connectivity index (χ3v) is 5.86.